The summed E-state index contributed by atoms with van der Waals surface area (Å²) in [6.45, 7) is 7.51. The lowest BCUT2D eigenvalue weighted by Crippen LogP contribution is -2.53. The van der Waals surface area contributed by atoms with E-state index < -0.39 is 0 Å². The molecule has 0 aromatic carbocycles. The van der Waals surface area contributed by atoms with E-state index >= 15 is 0 Å². The second-order valence-corrected chi connectivity index (χ2v) is 5.20. The second kappa shape index (κ2) is 6.87. The van der Waals surface area contributed by atoms with Gasteiger partial charge in [-0.3, -0.25) is 4.98 Å². The molecule has 1 aromatic rings. The minimum Gasteiger partial charge on any atom is -0.398 e. The number of hydrogen-bond acceptors (Lipinski definition) is 4. The van der Waals surface area contributed by atoms with E-state index in [0.717, 1.165) is 30.6 Å². The Labute approximate surface area is 117 Å². The van der Waals surface area contributed by atoms with Crippen LogP contribution in [0, 0.1) is 0 Å². The van der Waals surface area contributed by atoms with Crippen LogP contribution in [0.15, 0.2) is 18.5 Å². The lowest BCUT2D eigenvalue weighted by Gasteiger charge is -2.46. The Morgan fingerprint density at radius 2 is 1.95 bits per heavy atom. The van der Waals surface area contributed by atoms with E-state index in [0.29, 0.717) is 0 Å². The van der Waals surface area contributed by atoms with Crippen LogP contribution in [-0.4, -0.2) is 36.1 Å². The fourth-order valence-electron chi connectivity index (χ4n) is 3.00. The first-order valence-electron chi connectivity index (χ1n) is 7.13. The van der Waals surface area contributed by atoms with Gasteiger partial charge in [-0.1, -0.05) is 20.8 Å². The highest BCUT2D eigenvalue weighted by atomic mass is 15.2. The molecule has 3 N–H and O–H groups in total. The largest absolute Gasteiger partial charge is 0.398 e. The number of anilines is 1. The van der Waals surface area contributed by atoms with Crippen molar-refractivity contribution in [3.05, 3.63) is 24.0 Å². The monoisotopic (exact) mass is 264 g/mol. The number of rotatable bonds is 7. The van der Waals surface area contributed by atoms with Crippen LogP contribution in [0.5, 0.6) is 0 Å². The lowest BCUT2D eigenvalue weighted by atomic mass is 9.79. The molecule has 4 heteroatoms. The van der Waals surface area contributed by atoms with E-state index in [2.05, 4.69) is 50.1 Å². The molecular formula is C15H28N4. The normalized spacial score (nSPS) is 13.8. The van der Waals surface area contributed by atoms with Gasteiger partial charge < -0.3 is 16.0 Å². The topological polar surface area (TPSA) is 54.2 Å². The third kappa shape index (κ3) is 3.07. The van der Waals surface area contributed by atoms with E-state index in [1.807, 2.05) is 12.3 Å². The van der Waals surface area contributed by atoms with Gasteiger partial charge in [-0.2, -0.15) is 0 Å². The van der Waals surface area contributed by atoms with E-state index in [1.165, 1.54) is 0 Å². The standard InChI is InChI=1S/C15H28N4/c1-6-15(7-2,19(4)5)14(18-8-3)12-11-17-10-9-13(12)16/h9-11,14,18H,6-8H2,1-5H3,(H2,16,17). The predicted octanol–water partition coefficient (Wildman–Crippen LogP) is 2.43. The van der Waals surface area contributed by atoms with Gasteiger partial charge >= 0.3 is 0 Å². The van der Waals surface area contributed by atoms with Crippen molar-refractivity contribution in [2.45, 2.75) is 45.2 Å². The Balaban J connectivity index is 3.29. The molecule has 0 amide bonds. The summed E-state index contributed by atoms with van der Waals surface area (Å²) in [5.74, 6) is 0. The van der Waals surface area contributed by atoms with Crippen molar-refractivity contribution in [3.63, 3.8) is 0 Å². The molecule has 1 unspecified atom stereocenters. The average Bonchev–Trinajstić information content (AvgIpc) is 2.40. The Morgan fingerprint density at radius 3 is 2.37 bits per heavy atom. The van der Waals surface area contributed by atoms with Crippen molar-refractivity contribution in [3.8, 4) is 0 Å². The highest BCUT2D eigenvalue weighted by Gasteiger charge is 2.39. The molecule has 1 atom stereocenters. The predicted molar refractivity (Wildman–Crippen MR) is 82.1 cm³/mol. The van der Waals surface area contributed by atoms with Gasteiger partial charge in [-0.05, 0) is 39.5 Å². The minimum atomic E-state index is 0.0488. The van der Waals surface area contributed by atoms with Crippen molar-refractivity contribution >= 4 is 5.69 Å². The van der Waals surface area contributed by atoms with E-state index in [1.54, 1.807) is 6.20 Å². The molecule has 1 heterocycles. The molecule has 0 aliphatic heterocycles. The van der Waals surface area contributed by atoms with Crippen molar-refractivity contribution in [2.24, 2.45) is 0 Å². The maximum absolute atomic E-state index is 6.16. The summed E-state index contributed by atoms with van der Waals surface area (Å²) in [6.07, 6.45) is 5.76. The molecule has 0 saturated heterocycles. The minimum absolute atomic E-state index is 0.0488. The number of aromatic nitrogens is 1. The number of nitrogens with zero attached hydrogens (tertiary/aromatic N) is 2. The van der Waals surface area contributed by atoms with E-state index in [4.69, 9.17) is 5.73 Å². The third-order valence-corrected chi connectivity index (χ3v) is 4.26. The maximum Gasteiger partial charge on any atom is 0.0542 e. The van der Waals surface area contributed by atoms with Crippen molar-refractivity contribution in [2.75, 3.05) is 26.4 Å². The summed E-state index contributed by atoms with van der Waals surface area (Å²) in [5.41, 5.74) is 8.12. The molecule has 108 valence electrons. The summed E-state index contributed by atoms with van der Waals surface area (Å²) in [7, 11) is 4.29. The van der Waals surface area contributed by atoms with E-state index in [9.17, 15) is 0 Å². The summed E-state index contributed by atoms with van der Waals surface area (Å²) >= 11 is 0. The van der Waals surface area contributed by atoms with Gasteiger partial charge in [-0.15, -0.1) is 0 Å². The second-order valence-electron chi connectivity index (χ2n) is 5.20. The zero-order valence-electron chi connectivity index (χ0n) is 12.9. The van der Waals surface area contributed by atoms with Crippen LogP contribution in [0.2, 0.25) is 0 Å². The first kappa shape index (κ1) is 15.9. The molecule has 1 aromatic heterocycles. The highest BCUT2D eigenvalue weighted by molar-refractivity contribution is 5.47. The summed E-state index contributed by atoms with van der Waals surface area (Å²) in [6, 6.07) is 2.07. The SMILES string of the molecule is CCNC(c1cnccc1N)C(CC)(CC)N(C)C. The molecule has 0 fully saturated rings. The number of likely N-dealkylation sites (N-methyl/N-ethyl adjacent to an activating group) is 2. The quantitative estimate of drug-likeness (QED) is 0.794. The van der Waals surface area contributed by atoms with Crippen LogP contribution in [0.1, 0.15) is 45.2 Å². The molecule has 0 saturated carbocycles. The fraction of sp³-hybridized carbons (Fsp3) is 0.667. The molecule has 1 rings (SSSR count). The van der Waals surface area contributed by atoms with Crippen molar-refractivity contribution in [1.82, 2.24) is 15.2 Å². The lowest BCUT2D eigenvalue weighted by molar-refractivity contribution is 0.0890. The van der Waals surface area contributed by atoms with Crippen LogP contribution in [0.4, 0.5) is 5.69 Å². The van der Waals surface area contributed by atoms with Gasteiger partial charge in [0.25, 0.3) is 0 Å². The van der Waals surface area contributed by atoms with Crippen molar-refractivity contribution in [1.29, 1.82) is 0 Å². The van der Waals surface area contributed by atoms with Gasteiger partial charge in [0, 0.05) is 29.2 Å². The third-order valence-electron chi connectivity index (χ3n) is 4.26. The Hall–Kier alpha value is -1.13. The fourth-order valence-corrected chi connectivity index (χ4v) is 3.00. The number of nitrogens with one attached hydrogen (secondary N) is 1. The maximum atomic E-state index is 6.16. The molecule has 0 aliphatic rings. The van der Waals surface area contributed by atoms with E-state index in [-0.39, 0.29) is 11.6 Å². The van der Waals surface area contributed by atoms with Crippen LogP contribution in [0.25, 0.3) is 0 Å². The first-order valence-corrected chi connectivity index (χ1v) is 7.13. The zero-order valence-corrected chi connectivity index (χ0v) is 12.9. The Bertz CT molecular complexity index is 385. The summed E-state index contributed by atoms with van der Waals surface area (Å²) in [5, 5.41) is 3.60. The van der Waals surface area contributed by atoms with Gasteiger partial charge in [0.05, 0.1) is 6.04 Å². The van der Waals surface area contributed by atoms with Crippen LogP contribution < -0.4 is 11.1 Å². The molecule has 0 radical (unpaired) electrons. The van der Waals surface area contributed by atoms with Crippen LogP contribution in [-0.2, 0) is 0 Å². The molecule has 0 spiro atoms. The molecule has 0 aliphatic carbocycles. The van der Waals surface area contributed by atoms with Gasteiger partial charge in [0.2, 0.25) is 0 Å². The zero-order chi connectivity index (χ0) is 14.5. The molecule has 19 heavy (non-hydrogen) atoms. The van der Waals surface area contributed by atoms with Crippen LogP contribution >= 0.6 is 0 Å². The Kier molecular flexibility index (Phi) is 5.76. The summed E-state index contributed by atoms with van der Waals surface area (Å²) in [4.78, 5) is 6.56. The number of nitrogen functional groups attached to an aromatic ring is 1. The number of hydrogen-bond donors (Lipinski definition) is 2. The van der Waals surface area contributed by atoms with Gasteiger partial charge in [0.1, 0.15) is 0 Å². The van der Waals surface area contributed by atoms with Crippen LogP contribution in [0.3, 0.4) is 0 Å². The van der Waals surface area contributed by atoms with Gasteiger partial charge in [0.15, 0.2) is 0 Å². The molecule has 4 nitrogen and oxygen atoms in total. The first-order chi connectivity index (χ1) is 9.03. The Morgan fingerprint density at radius 1 is 1.32 bits per heavy atom. The number of pyridine rings is 1. The molecular weight excluding hydrogens is 236 g/mol. The van der Waals surface area contributed by atoms with Gasteiger partial charge in [-0.25, -0.2) is 0 Å². The smallest absolute Gasteiger partial charge is 0.0542 e. The molecule has 0 bridgehead atoms. The highest BCUT2D eigenvalue weighted by Crippen LogP contribution is 2.37. The summed E-state index contributed by atoms with van der Waals surface area (Å²) < 4.78 is 0. The number of nitrogens with two attached hydrogens (primary N) is 1. The van der Waals surface area contributed by atoms with Crippen molar-refractivity contribution < 1.29 is 0 Å². The average molecular weight is 264 g/mol.